The summed E-state index contributed by atoms with van der Waals surface area (Å²) in [7, 11) is 0. The number of carbonyl (C=O) groups excluding carboxylic acids is 3. The molecule has 0 spiro atoms. The minimum Gasteiger partial charge on any atom is -0.348 e. The normalized spacial score (nSPS) is 12.8. The number of thiophene rings is 1. The van der Waals surface area contributed by atoms with E-state index in [4.69, 9.17) is 0 Å². The monoisotopic (exact) mass is 359 g/mol. The van der Waals surface area contributed by atoms with Gasteiger partial charge in [-0.25, -0.2) is 0 Å². The summed E-state index contributed by atoms with van der Waals surface area (Å²) in [5.41, 5.74) is 1.53. The summed E-state index contributed by atoms with van der Waals surface area (Å²) < 4.78 is 0. The molecule has 132 valence electrons. The Morgan fingerprint density at radius 1 is 1.04 bits per heavy atom. The lowest BCUT2D eigenvalue weighted by Gasteiger charge is -2.19. The molecule has 1 aromatic heterocycles. The number of nitrogens with one attached hydrogen (secondary N) is 3. The number of rotatable bonds is 6. The van der Waals surface area contributed by atoms with Crippen LogP contribution >= 0.6 is 11.3 Å². The van der Waals surface area contributed by atoms with Gasteiger partial charge in [0.1, 0.15) is 6.04 Å². The van der Waals surface area contributed by atoms with E-state index in [0.29, 0.717) is 10.6 Å². The maximum atomic E-state index is 12.3. The fourth-order valence-corrected chi connectivity index (χ4v) is 2.88. The van der Waals surface area contributed by atoms with E-state index < -0.39 is 6.04 Å². The Hall–Kier alpha value is -2.67. The highest BCUT2D eigenvalue weighted by atomic mass is 32.1. The van der Waals surface area contributed by atoms with E-state index in [0.717, 1.165) is 5.56 Å². The molecule has 3 amide bonds. The summed E-state index contributed by atoms with van der Waals surface area (Å²) in [6.45, 7) is 4.93. The molecule has 6 nitrogen and oxygen atoms in total. The van der Waals surface area contributed by atoms with Crippen LogP contribution in [0.5, 0.6) is 0 Å². The van der Waals surface area contributed by atoms with Crippen molar-refractivity contribution in [2.45, 2.75) is 32.9 Å². The molecule has 1 heterocycles. The number of anilines is 1. The number of carbonyl (C=O) groups is 3. The van der Waals surface area contributed by atoms with Gasteiger partial charge in [-0.1, -0.05) is 18.2 Å². The molecule has 0 saturated carbocycles. The lowest BCUT2D eigenvalue weighted by Crippen LogP contribution is -2.45. The minimum atomic E-state index is -0.657. The molecule has 0 saturated heterocycles. The molecule has 0 radical (unpaired) electrons. The Morgan fingerprint density at radius 3 is 2.44 bits per heavy atom. The van der Waals surface area contributed by atoms with Gasteiger partial charge in [0, 0.05) is 12.6 Å². The van der Waals surface area contributed by atoms with Crippen LogP contribution in [-0.2, 0) is 9.59 Å². The van der Waals surface area contributed by atoms with Crippen LogP contribution in [0.4, 0.5) is 5.69 Å². The van der Waals surface area contributed by atoms with Crippen LogP contribution < -0.4 is 16.0 Å². The van der Waals surface area contributed by atoms with Gasteiger partial charge < -0.3 is 16.0 Å². The second-order valence-corrected chi connectivity index (χ2v) is 6.66. The zero-order chi connectivity index (χ0) is 18.4. The molecule has 2 rings (SSSR count). The van der Waals surface area contributed by atoms with Crippen LogP contribution in [0.2, 0.25) is 0 Å². The molecule has 2 unspecified atom stereocenters. The van der Waals surface area contributed by atoms with Gasteiger partial charge in [0.25, 0.3) is 5.91 Å². The second-order valence-electron chi connectivity index (χ2n) is 5.71. The van der Waals surface area contributed by atoms with E-state index in [1.54, 1.807) is 31.2 Å². The molecule has 2 aromatic rings. The van der Waals surface area contributed by atoms with Crippen molar-refractivity contribution >= 4 is 34.7 Å². The Bertz CT molecular complexity index is 759. The maximum Gasteiger partial charge on any atom is 0.261 e. The first-order valence-electron chi connectivity index (χ1n) is 7.89. The number of benzene rings is 1. The van der Waals surface area contributed by atoms with E-state index in [2.05, 4.69) is 16.0 Å². The fraction of sp³-hybridized carbons (Fsp3) is 0.278. The molecule has 0 aliphatic carbocycles. The quantitative estimate of drug-likeness (QED) is 0.741. The van der Waals surface area contributed by atoms with Crippen molar-refractivity contribution in [2.24, 2.45) is 0 Å². The first-order valence-corrected chi connectivity index (χ1v) is 8.77. The van der Waals surface area contributed by atoms with Crippen molar-refractivity contribution in [2.75, 3.05) is 5.32 Å². The molecule has 7 heteroatoms. The first kappa shape index (κ1) is 18.7. The summed E-state index contributed by atoms with van der Waals surface area (Å²) in [6, 6.07) is 9.84. The van der Waals surface area contributed by atoms with Crippen LogP contribution in [0.15, 0.2) is 41.8 Å². The average molecular weight is 359 g/mol. The molecule has 0 aliphatic heterocycles. The summed E-state index contributed by atoms with van der Waals surface area (Å²) in [5.74, 6) is -0.695. The van der Waals surface area contributed by atoms with Gasteiger partial charge in [0.05, 0.1) is 10.9 Å². The highest BCUT2D eigenvalue weighted by Gasteiger charge is 2.19. The largest absolute Gasteiger partial charge is 0.348 e. The zero-order valence-electron chi connectivity index (χ0n) is 14.3. The smallest absolute Gasteiger partial charge is 0.261 e. The third-order valence-electron chi connectivity index (χ3n) is 3.55. The predicted octanol–water partition coefficient (Wildman–Crippen LogP) is 2.70. The van der Waals surface area contributed by atoms with Crippen LogP contribution in [0.3, 0.4) is 0 Å². The van der Waals surface area contributed by atoms with Crippen LogP contribution in [0, 0.1) is 0 Å². The summed E-state index contributed by atoms with van der Waals surface area (Å²) in [4.78, 5) is 36.0. The Kier molecular flexibility index (Phi) is 6.30. The second kappa shape index (κ2) is 8.43. The number of amides is 3. The SMILES string of the molecule is CC(=O)Nc1cccc(C(C)NC(=O)C(C)NC(=O)c2cccs2)c1. The maximum absolute atomic E-state index is 12.3. The molecule has 1 aromatic carbocycles. The Labute approximate surface area is 150 Å². The zero-order valence-corrected chi connectivity index (χ0v) is 15.1. The van der Waals surface area contributed by atoms with Crippen molar-refractivity contribution in [1.82, 2.24) is 10.6 Å². The van der Waals surface area contributed by atoms with Gasteiger partial charge in [-0.3, -0.25) is 14.4 Å². The molecule has 25 heavy (non-hydrogen) atoms. The highest BCUT2D eigenvalue weighted by molar-refractivity contribution is 7.12. The number of hydrogen-bond donors (Lipinski definition) is 3. The van der Waals surface area contributed by atoms with Crippen molar-refractivity contribution in [3.63, 3.8) is 0 Å². The van der Waals surface area contributed by atoms with Gasteiger partial charge >= 0.3 is 0 Å². The molecule has 0 fully saturated rings. The van der Waals surface area contributed by atoms with Gasteiger partial charge in [-0.05, 0) is 43.0 Å². The van der Waals surface area contributed by atoms with Gasteiger partial charge in [0.2, 0.25) is 11.8 Å². The van der Waals surface area contributed by atoms with Crippen molar-refractivity contribution < 1.29 is 14.4 Å². The third kappa shape index (κ3) is 5.42. The van der Waals surface area contributed by atoms with E-state index in [9.17, 15) is 14.4 Å². The van der Waals surface area contributed by atoms with Gasteiger partial charge in [-0.2, -0.15) is 0 Å². The lowest BCUT2D eigenvalue weighted by molar-refractivity contribution is -0.123. The first-order chi connectivity index (χ1) is 11.9. The minimum absolute atomic E-state index is 0.154. The Balaban J connectivity index is 1.95. The third-order valence-corrected chi connectivity index (χ3v) is 4.42. The predicted molar refractivity (Wildman–Crippen MR) is 98.6 cm³/mol. The van der Waals surface area contributed by atoms with E-state index >= 15 is 0 Å². The van der Waals surface area contributed by atoms with E-state index in [1.807, 2.05) is 24.4 Å². The van der Waals surface area contributed by atoms with Crippen LogP contribution in [-0.4, -0.2) is 23.8 Å². The van der Waals surface area contributed by atoms with E-state index in [1.165, 1.54) is 18.3 Å². The fourth-order valence-electron chi connectivity index (χ4n) is 2.25. The van der Waals surface area contributed by atoms with Crippen molar-refractivity contribution in [1.29, 1.82) is 0 Å². The van der Waals surface area contributed by atoms with Crippen LogP contribution in [0.25, 0.3) is 0 Å². The number of hydrogen-bond acceptors (Lipinski definition) is 4. The standard InChI is InChI=1S/C18H21N3O3S/c1-11(14-6-4-7-15(10-14)21-13(3)22)19-17(23)12(2)20-18(24)16-8-5-9-25-16/h4-12H,1-3H3,(H,19,23)(H,20,24)(H,21,22). The molecule has 0 aliphatic rings. The summed E-state index contributed by atoms with van der Waals surface area (Å²) in [6.07, 6.45) is 0. The molecule has 3 N–H and O–H groups in total. The van der Waals surface area contributed by atoms with Crippen molar-refractivity contribution in [3.8, 4) is 0 Å². The van der Waals surface area contributed by atoms with Gasteiger partial charge in [0.15, 0.2) is 0 Å². The van der Waals surface area contributed by atoms with Crippen LogP contribution in [0.1, 0.15) is 42.0 Å². The lowest BCUT2D eigenvalue weighted by atomic mass is 10.1. The topological polar surface area (TPSA) is 87.3 Å². The molecule has 0 bridgehead atoms. The average Bonchev–Trinajstić information content (AvgIpc) is 3.08. The van der Waals surface area contributed by atoms with Crippen molar-refractivity contribution in [3.05, 3.63) is 52.2 Å². The van der Waals surface area contributed by atoms with E-state index in [-0.39, 0.29) is 23.8 Å². The molecular formula is C18H21N3O3S. The Morgan fingerprint density at radius 2 is 1.80 bits per heavy atom. The summed E-state index contributed by atoms with van der Waals surface area (Å²) >= 11 is 1.32. The highest BCUT2D eigenvalue weighted by Crippen LogP contribution is 2.17. The van der Waals surface area contributed by atoms with Gasteiger partial charge in [-0.15, -0.1) is 11.3 Å². The molecular weight excluding hydrogens is 338 g/mol. The molecule has 2 atom stereocenters. The summed E-state index contributed by atoms with van der Waals surface area (Å²) in [5, 5.41) is 10.1.